The van der Waals surface area contributed by atoms with Gasteiger partial charge in [-0.1, -0.05) is 17.7 Å². The Labute approximate surface area is 123 Å². The molecular weight excluding hydrogens is 300 g/mol. The molecule has 1 aromatic heterocycles. The van der Waals surface area contributed by atoms with Crippen LogP contribution in [-0.2, 0) is 21.1 Å². The summed E-state index contributed by atoms with van der Waals surface area (Å²) in [5, 5.41) is 4.59. The van der Waals surface area contributed by atoms with E-state index >= 15 is 0 Å². The van der Waals surface area contributed by atoms with E-state index in [1.54, 1.807) is 30.1 Å². The molecular formula is C13H15ClN2O3S. The third-order valence-corrected chi connectivity index (χ3v) is 4.26. The Morgan fingerprint density at radius 3 is 2.75 bits per heavy atom. The van der Waals surface area contributed by atoms with Crippen LogP contribution < -0.4 is 0 Å². The van der Waals surface area contributed by atoms with Gasteiger partial charge in [0, 0.05) is 35.7 Å². The van der Waals surface area contributed by atoms with Crippen molar-refractivity contribution in [2.75, 3.05) is 20.0 Å². The summed E-state index contributed by atoms with van der Waals surface area (Å²) in [4.78, 5) is 0.207. The van der Waals surface area contributed by atoms with Crippen LogP contribution in [0, 0.1) is 0 Å². The van der Waals surface area contributed by atoms with Gasteiger partial charge in [-0.15, -0.1) is 0 Å². The second kappa shape index (κ2) is 5.95. The minimum atomic E-state index is -3.25. The van der Waals surface area contributed by atoms with Gasteiger partial charge in [-0.2, -0.15) is 5.10 Å². The highest BCUT2D eigenvalue weighted by Gasteiger charge is 2.12. The van der Waals surface area contributed by atoms with Gasteiger partial charge in [0.05, 0.1) is 24.2 Å². The molecule has 0 aliphatic rings. The average Bonchev–Trinajstić information content (AvgIpc) is 2.83. The van der Waals surface area contributed by atoms with Gasteiger partial charge in [0.25, 0.3) is 0 Å². The van der Waals surface area contributed by atoms with E-state index in [4.69, 9.17) is 16.3 Å². The van der Waals surface area contributed by atoms with Gasteiger partial charge in [0.1, 0.15) is 0 Å². The predicted molar refractivity (Wildman–Crippen MR) is 77.7 cm³/mol. The van der Waals surface area contributed by atoms with Crippen molar-refractivity contribution in [3.05, 3.63) is 35.6 Å². The number of ether oxygens (including phenoxy) is 1. The van der Waals surface area contributed by atoms with Gasteiger partial charge in [0.15, 0.2) is 9.84 Å². The maximum Gasteiger partial charge on any atom is 0.175 e. The zero-order valence-corrected chi connectivity index (χ0v) is 12.8. The highest BCUT2D eigenvalue weighted by molar-refractivity contribution is 7.90. The molecule has 0 spiro atoms. The topological polar surface area (TPSA) is 61.2 Å². The summed E-state index contributed by atoms with van der Waals surface area (Å²) in [6, 6.07) is 4.69. The molecule has 0 amide bonds. The van der Waals surface area contributed by atoms with Gasteiger partial charge in [0.2, 0.25) is 0 Å². The molecule has 2 aromatic rings. The normalized spacial score (nSPS) is 11.8. The van der Waals surface area contributed by atoms with Crippen molar-refractivity contribution >= 4 is 21.4 Å². The van der Waals surface area contributed by atoms with E-state index in [0.29, 0.717) is 18.2 Å². The summed E-state index contributed by atoms with van der Waals surface area (Å²) in [5.41, 5.74) is 1.59. The van der Waals surface area contributed by atoms with Gasteiger partial charge >= 0.3 is 0 Å². The lowest BCUT2D eigenvalue weighted by molar-refractivity contribution is 0.183. The molecule has 0 atom stereocenters. The molecule has 0 saturated heterocycles. The van der Waals surface area contributed by atoms with E-state index in [9.17, 15) is 8.42 Å². The van der Waals surface area contributed by atoms with Crippen LogP contribution in [0.1, 0.15) is 0 Å². The van der Waals surface area contributed by atoms with Crippen LogP contribution in [0.3, 0.4) is 0 Å². The number of hydrogen-bond acceptors (Lipinski definition) is 4. The van der Waals surface area contributed by atoms with E-state index in [2.05, 4.69) is 5.10 Å². The maximum absolute atomic E-state index is 11.5. The van der Waals surface area contributed by atoms with Crippen molar-refractivity contribution in [1.29, 1.82) is 0 Å². The molecule has 7 heteroatoms. The Morgan fingerprint density at radius 2 is 2.15 bits per heavy atom. The molecule has 0 fully saturated rings. The van der Waals surface area contributed by atoms with Crippen molar-refractivity contribution in [1.82, 2.24) is 9.78 Å². The summed E-state index contributed by atoms with van der Waals surface area (Å²) in [5.74, 6) is 0. The fourth-order valence-electron chi connectivity index (χ4n) is 1.77. The quantitative estimate of drug-likeness (QED) is 0.849. The van der Waals surface area contributed by atoms with E-state index < -0.39 is 9.84 Å². The molecule has 1 aromatic carbocycles. The lowest BCUT2D eigenvalue weighted by Gasteiger charge is -2.04. The molecule has 0 aliphatic heterocycles. The van der Waals surface area contributed by atoms with Gasteiger partial charge in [-0.3, -0.25) is 4.68 Å². The number of benzene rings is 1. The van der Waals surface area contributed by atoms with Crippen molar-refractivity contribution in [3.63, 3.8) is 0 Å². The fraction of sp³-hybridized carbons (Fsp3) is 0.308. The predicted octanol–water partition coefficient (Wildman–Crippen LogP) is 2.25. The summed E-state index contributed by atoms with van der Waals surface area (Å²) in [6.45, 7) is 1.22. The highest BCUT2D eigenvalue weighted by Crippen LogP contribution is 2.29. The second-order valence-corrected chi connectivity index (χ2v) is 6.82. The molecule has 108 valence electrons. The van der Waals surface area contributed by atoms with Crippen LogP contribution in [0.15, 0.2) is 35.5 Å². The number of nitrogens with zero attached hydrogens (tertiary/aromatic N) is 2. The molecule has 5 nitrogen and oxygen atoms in total. The van der Waals surface area contributed by atoms with Crippen LogP contribution in [0.5, 0.6) is 0 Å². The van der Waals surface area contributed by atoms with Crippen LogP contribution >= 0.6 is 11.6 Å². The molecule has 0 unspecified atom stereocenters. The zero-order chi connectivity index (χ0) is 14.8. The molecule has 1 heterocycles. The molecule has 0 saturated carbocycles. The lowest BCUT2D eigenvalue weighted by Crippen LogP contribution is -2.03. The van der Waals surface area contributed by atoms with Crippen LogP contribution in [0.25, 0.3) is 11.1 Å². The van der Waals surface area contributed by atoms with Gasteiger partial charge in [-0.25, -0.2) is 8.42 Å². The number of sulfone groups is 1. The lowest BCUT2D eigenvalue weighted by atomic mass is 10.1. The molecule has 0 aliphatic carbocycles. The molecule has 0 bridgehead atoms. The first-order valence-corrected chi connectivity index (χ1v) is 8.20. The Kier molecular flexibility index (Phi) is 4.47. The number of aromatic nitrogens is 2. The Balaban J connectivity index is 2.31. The fourth-order valence-corrected chi connectivity index (χ4v) is 2.77. The van der Waals surface area contributed by atoms with Gasteiger partial charge in [-0.05, 0) is 12.1 Å². The first-order chi connectivity index (χ1) is 9.41. The standard InChI is InChI=1S/C13H15ClN2O3S/c1-19-6-5-16-9-10(8-15-16)12-4-3-11(7-13(12)14)20(2,17)18/h3-4,7-9H,5-6H2,1-2H3. The first-order valence-electron chi connectivity index (χ1n) is 5.93. The Hall–Kier alpha value is -1.37. The Bertz CT molecular complexity index is 710. The van der Waals surface area contributed by atoms with E-state index in [0.717, 1.165) is 17.4 Å². The van der Waals surface area contributed by atoms with Crippen LogP contribution in [0.4, 0.5) is 0 Å². The van der Waals surface area contributed by atoms with E-state index in [1.807, 2.05) is 6.20 Å². The number of hydrogen-bond donors (Lipinski definition) is 0. The maximum atomic E-state index is 11.5. The van der Waals surface area contributed by atoms with Crippen LogP contribution in [0.2, 0.25) is 5.02 Å². The largest absolute Gasteiger partial charge is 0.383 e. The van der Waals surface area contributed by atoms with E-state index in [-0.39, 0.29) is 4.90 Å². The minimum Gasteiger partial charge on any atom is -0.383 e. The second-order valence-electron chi connectivity index (χ2n) is 4.40. The highest BCUT2D eigenvalue weighted by atomic mass is 35.5. The molecule has 0 N–H and O–H groups in total. The van der Waals surface area contributed by atoms with Crippen molar-refractivity contribution in [2.45, 2.75) is 11.4 Å². The molecule has 2 rings (SSSR count). The number of methoxy groups -OCH3 is 1. The summed E-state index contributed by atoms with van der Waals surface area (Å²) < 4.78 is 29.7. The molecule has 0 radical (unpaired) electrons. The average molecular weight is 315 g/mol. The smallest absolute Gasteiger partial charge is 0.175 e. The zero-order valence-electron chi connectivity index (χ0n) is 11.2. The summed E-state index contributed by atoms with van der Waals surface area (Å²) in [7, 11) is -1.62. The third kappa shape index (κ3) is 3.39. The van der Waals surface area contributed by atoms with Crippen LogP contribution in [-0.4, -0.2) is 38.2 Å². The minimum absolute atomic E-state index is 0.207. The number of halogens is 1. The van der Waals surface area contributed by atoms with Crippen molar-refractivity contribution < 1.29 is 13.2 Å². The summed E-state index contributed by atoms with van der Waals surface area (Å²) in [6.07, 6.45) is 4.69. The molecule has 20 heavy (non-hydrogen) atoms. The first kappa shape index (κ1) is 15.0. The number of rotatable bonds is 5. The monoisotopic (exact) mass is 314 g/mol. The summed E-state index contributed by atoms with van der Waals surface area (Å²) >= 11 is 6.16. The third-order valence-electron chi connectivity index (χ3n) is 2.84. The van der Waals surface area contributed by atoms with Gasteiger partial charge < -0.3 is 4.74 Å². The SMILES string of the molecule is COCCn1cc(-c2ccc(S(C)(=O)=O)cc2Cl)cn1. The Morgan fingerprint density at radius 1 is 1.40 bits per heavy atom. The van der Waals surface area contributed by atoms with Crippen molar-refractivity contribution in [2.24, 2.45) is 0 Å². The van der Waals surface area contributed by atoms with Crippen molar-refractivity contribution in [3.8, 4) is 11.1 Å². The van der Waals surface area contributed by atoms with E-state index in [1.165, 1.54) is 6.07 Å².